The van der Waals surface area contributed by atoms with Gasteiger partial charge in [0.1, 0.15) is 0 Å². The first-order valence-corrected chi connectivity index (χ1v) is 10.1. The van der Waals surface area contributed by atoms with E-state index in [1.807, 2.05) is 12.1 Å². The lowest BCUT2D eigenvalue weighted by molar-refractivity contribution is 0.501. The number of halogens is 1. The number of benzene rings is 2. The highest BCUT2D eigenvalue weighted by Gasteiger charge is 2.17. The monoisotopic (exact) mass is 409 g/mol. The average Bonchev–Trinajstić information content (AvgIpc) is 2.56. The Kier molecular flexibility index (Phi) is 5.12. The molecule has 5 nitrogen and oxygen atoms in total. The predicted octanol–water partition coefficient (Wildman–Crippen LogP) is 3.18. The lowest BCUT2D eigenvalue weighted by atomic mass is 10.1. The molecular weight excluding hydrogens is 390 g/mol. The fourth-order valence-electron chi connectivity index (χ4n) is 2.73. The highest BCUT2D eigenvalue weighted by Crippen LogP contribution is 2.23. The van der Waals surface area contributed by atoms with E-state index < -0.39 is 10.0 Å². The Labute approximate surface area is 151 Å². The molecule has 1 fully saturated rings. The van der Waals surface area contributed by atoms with Gasteiger partial charge in [-0.2, -0.15) is 0 Å². The van der Waals surface area contributed by atoms with E-state index in [1.165, 1.54) is 0 Å². The van der Waals surface area contributed by atoms with Crippen LogP contribution in [-0.2, 0) is 10.0 Å². The highest BCUT2D eigenvalue weighted by molar-refractivity contribution is 9.10. The molecule has 3 N–H and O–H groups in total. The zero-order chi connectivity index (χ0) is 17.2. The van der Waals surface area contributed by atoms with E-state index in [1.54, 1.807) is 36.4 Å². The van der Waals surface area contributed by atoms with Crippen LogP contribution in [0.25, 0.3) is 0 Å². The smallest absolute Gasteiger partial charge is 0.261 e. The maximum atomic E-state index is 12.4. The van der Waals surface area contributed by atoms with Crippen molar-refractivity contribution in [2.24, 2.45) is 5.73 Å². The number of hydrogen-bond acceptors (Lipinski definition) is 4. The zero-order valence-electron chi connectivity index (χ0n) is 13.2. The van der Waals surface area contributed by atoms with E-state index in [0.717, 1.165) is 36.1 Å². The summed E-state index contributed by atoms with van der Waals surface area (Å²) in [5, 5.41) is 0. The Morgan fingerprint density at radius 2 is 1.58 bits per heavy atom. The van der Waals surface area contributed by atoms with Crippen molar-refractivity contribution in [2.45, 2.75) is 23.8 Å². The summed E-state index contributed by atoms with van der Waals surface area (Å²) in [6.45, 7) is 1.87. The van der Waals surface area contributed by atoms with Crippen molar-refractivity contribution in [3.63, 3.8) is 0 Å². The molecule has 1 heterocycles. The van der Waals surface area contributed by atoms with E-state index in [9.17, 15) is 8.42 Å². The third kappa shape index (κ3) is 4.09. The first-order chi connectivity index (χ1) is 11.4. The minimum atomic E-state index is -3.58. The van der Waals surface area contributed by atoms with Gasteiger partial charge < -0.3 is 10.6 Å². The van der Waals surface area contributed by atoms with E-state index in [0.29, 0.717) is 11.7 Å². The summed E-state index contributed by atoms with van der Waals surface area (Å²) < 4.78 is 28.2. The molecule has 0 radical (unpaired) electrons. The largest absolute Gasteiger partial charge is 0.371 e. The third-order valence-electron chi connectivity index (χ3n) is 4.15. The second-order valence-electron chi connectivity index (χ2n) is 5.93. The Morgan fingerprint density at radius 3 is 2.17 bits per heavy atom. The molecule has 0 bridgehead atoms. The van der Waals surface area contributed by atoms with Crippen molar-refractivity contribution in [1.29, 1.82) is 0 Å². The van der Waals surface area contributed by atoms with Crippen LogP contribution in [0.4, 0.5) is 11.4 Å². The van der Waals surface area contributed by atoms with Gasteiger partial charge in [0.15, 0.2) is 0 Å². The Balaban J connectivity index is 1.70. The van der Waals surface area contributed by atoms with Crippen LogP contribution in [0.3, 0.4) is 0 Å². The molecule has 0 aliphatic carbocycles. The topological polar surface area (TPSA) is 75.4 Å². The second-order valence-corrected chi connectivity index (χ2v) is 8.53. The van der Waals surface area contributed by atoms with Gasteiger partial charge in [-0.3, -0.25) is 4.72 Å². The van der Waals surface area contributed by atoms with Crippen molar-refractivity contribution in [1.82, 2.24) is 0 Å². The Hall–Kier alpha value is -1.57. The number of nitrogens with zero attached hydrogens (tertiary/aromatic N) is 1. The number of piperidine rings is 1. The highest BCUT2D eigenvalue weighted by atomic mass is 79.9. The average molecular weight is 410 g/mol. The fourth-order valence-corrected chi connectivity index (χ4v) is 4.05. The van der Waals surface area contributed by atoms with Gasteiger partial charge in [0.2, 0.25) is 0 Å². The van der Waals surface area contributed by atoms with E-state index >= 15 is 0 Å². The number of nitrogens with two attached hydrogens (primary N) is 1. The van der Waals surface area contributed by atoms with Crippen LogP contribution in [0.1, 0.15) is 12.8 Å². The number of nitrogens with one attached hydrogen (secondary N) is 1. The van der Waals surface area contributed by atoms with Gasteiger partial charge in [-0.05, 0) is 61.4 Å². The van der Waals surface area contributed by atoms with Gasteiger partial charge in [0, 0.05) is 35.0 Å². The molecule has 0 saturated carbocycles. The Bertz CT molecular complexity index is 784. The van der Waals surface area contributed by atoms with Gasteiger partial charge in [-0.1, -0.05) is 15.9 Å². The zero-order valence-corrected chi connectivity index (χ0v) is 15.6. The molecule has 0 spiro atoms. The van der Waals surface area contributed by atoms with Crippen molar-refractivity contribution in [3.8, 4) is 0 Å². The number of sulfonamides is 1. The van der Waals surface area contributed by atoms with Crippen LogP contribution >= 0.6 is 15.9 Å². The number of anilines is 2. The molecule has 0 atom stereocenters. The molecule has 1 aliphatic heterocycles. The van der Waals surface area contributed by atoms with Crippen LogP contribution in [-0.4, -0.2) is 27.5 Å². The summed E-state index contributed by atoms with van der Waals surface area (Å²) in [6.07, 6.45) is 1.97. The summed E-state index contributed by atoms with van der Waals surface area (Å²) >= 11 is 3.30. The molecule has 2 aromatic rings. The van der Waals surface area contributed by atoms with Gasteiger partial charge in [-0.25, -0.2) is 8.42 Å². The normalized spacial score (nSPS) is 16.2. The summed E-state index contributed by atoms with van der Waals surface area (Å²) in [4.78, 5) is 2.51. The van der Waals surface area contributed by atoms with Gasteiger partial charge in [0.25, 0.3) is 10.0 Å². The maximum Gasteiger partial charge on any atom is 0.261 e. The first-order valence-electron chi connectivity index (χ1n) is 7.83. The summed E-state index contributed by atoms with van der Waals surface area (Å²) in [5.74, 6) is 0. The summed E-state index contributed by atoms with van der Waals surface area (Å²) in [5.41, 5.74) is 7.57. The van der Waals surface area contributed by atoms with Crippen molar-refractivity contribution >= 4 is 37.3 Å². The van der Waals surface area contributed by atoms with E-state index in [2.05, 4.69) is 25.6 Å². The molecule has 0 amide bonds. The van der Waals surface area contributed by atoms with E-state index in [4.69, 9.17) is 5.73 Å². The van der Waals surface area contributed by atoms with Gasteiger partial charge in [0.05, 0.1) is 4.90 Å². The molecule has 24 heavy (non-hydrogen) atoms. The van der Waals surface area contributed by atoms with Crippen LogP contribution < -0.4 is 15.4 Å². The van der Waals surface area contributed by atoms with Crippen LogP contribution in [0.2, 0.25) is 0 Å². The molecule has 7 heteroatoms. The lowest BCUT2D eigenvalue weighted by Crippen LogP contribution is -2.39. The molecule has 0 unspecified atom stereocenters. The van der Waals surface area contributed by atoms with Gasteiger partial charge >= 0.3 is 0 Å². The Morgan fingerprint density at radius 1 is 1.00 bits per heavy atom. The predicted molar refractivity (Wildman–Crippen MR) is 101 cm³/mol. The minimum absolute atomic E-state index is 0.236. The molecular formula is C17H20BrN3O2S. The van der Waals surface area contributed by atoms with Crippen LogP contribution in [0.5, 0.6) is 0 Å². The van der Waals surface area contributed by atoms with Gasteiger partial charge in [-0.15, -0.1) is 0 Å². The summed E-state index contributed by atoms with van der Waals surface area (Å²) in [7, 11) is -3.58. The maximum absolute atomic E-state index is 12.4. The minimum Gasteiger partial charge on any atom is -0.371 e. The molecule has 0 aromatic heterocycles. The molecule has 128 valence electrons. The van der Waals surface area contributed by atoms with Crippen molar-refractivity contribution < 1.29 is 8.42 Å². The van der Waals surface area contributed by atoms with Crippen molar-refractivity contribution in [3.05, 3.63) is 53.0 Å². The molecule has 3 rings (SSSR count). The lowest BCUT2D eigenvalue weighted by Gasteiger charge is -2.32. The fraction of sp³-hybridized carbons (Fsp3) is 0.294. The quantitative estimate of drug-likeness (QED) is 0.812. The third-order valence-corrected chi connectivity index (χ3v) is 6.07. The standard InChI is InChI=1S/C17H20BrN3O2S/c18-13-1-7-17(8-2-13)24(22,23)20-15-3-5-16(6-4-15)21-11-9-14(19)10-12-21/h1-8,14,20H,9-12,19H2. The van der Waals surface area contributed by atoms with Crippen LogP contribution in [0, 0.1) is 0 Å². The summed E-state index contributed by atoms with van der Waals surface area (Å²) in [6, 6.07) is 14.3. The number of rotatable bonds is 4. The SMILES string of the molecule is NC1CCN(c2ccc(NS(=O)(=O)c3ccc(Br)cc3)cc2)CC1. The first kappa shape index (κ1) is 17.3. The number of hydrogen-bond donors (Lipinski definition) is 2. The van der Waals surface area contributed by atoms with Crippen LogP contribution in [0.15, 0.2) is 57.9 Å². The molecule has 2 aromatic carbocycles. The molecule has 1 saturated heterocycles. The second kappa shape index (κ2) is 7.13. The molecule has 1 aliphatic rings. The van der Waals surface area contributed by atoms with Crippen molar-refractivity contribution in [2.75, 3.05) is 22.7 Å². The van der Waals surface area contributed by atoms with E-state index in [-0.39, 0.29) is 4.90 Å².